The van der Waals surface area contributed by atoms with Crippen LogP contribution in [0.3, 0.4) is 0 Å². The van der Waals surface area contributed by atoms with E-state index < -0.39 is 0 Å². The zero-order valence-electron chi connectivity index (χ0n) is 13.9. The first-order valence-electron chi connectivity index (χ1n) is 8.18. The first-order chi connectivity index (χ1) is 11.2. The molecule has 1 aromatic heterocycles. The number of para-hydroxylation sites is 1. The SMILES string of the molecule is CN(C)CCCNc1nncc(N2CCCc3ccccc32)n1. The topological polar surface area (TPSA) is 57.2 Å². The second-order valence-electron chi connectivity index (χ2n) is 6.11. The van der Waals surface area contributed by atoms with Gasteiger partial charge in [0.25, 0.3) is 0 Å². The Morgan fingerprint density at radius 3 is 3.00 bits per heavy atom. The van der Waals surface area contributed by atoms with Crippen LogP contribution in [0, 0.1) is 0 Å². The number of hydrogen-bond acceptors (Lipinski definition) is 6. The Labute approximate surface area is 137 Å². The molecule has 0 saturated carbocycles. The van der Waals surface area contributed by atoms with Gasteiger partial charge in [0, 0.05) is 18.8 Å². The molecular weight excluding hydrogens is 288 g/mol. The number of rotatable bonds is 6. The highest BCUT2D eigenvalue weighted by atomic mass is 15.3. The summed E-state index contributed by atoms with van der Waals surface area (Å²) in [5, 5.41) is 11.5. The van der Waals surface area contributed by atoms with E-state index in [9.17, 15) is 0 Å². The largest absolute Gasteiger partial charge is 0.353 e. The fraction of sp³-hybridized carbons (Fsp3) is 0.471. The molecule has 0 bridgehead atoms. The molecule has 6 nitrogen and oxygen atoms in total. The summed E-state index contributed by atoms with van der Waals surface area (Å²) in [7, 11) is 4.15. The summed E-state index contributed by atoms with van der Waals surface area (Å²) in [6, 6.07) is 8.52. The molecule has 2 heterocycles. The molecule has 0 amide bonds. The van der Waals surface area contributed by atoms with Crippen molar-refractivity contribution < 1.29 is 0 Å². The molecule has 0 aliphatic carbocycles. The summed E-state index contributed by atoms with van der Waals surface area (Å²) in [5.74, 6) is 1.46. The number of nitrogens with one attached hydrogen (secondary N) is 1. The van der Waals surface area contributed by atoms with Crippen molar-refractivity contribution in [2.45, 2.75) is 19.3 Å². The van der Waals surface area contributed by atoms with Gasteiger partial charge in [-0.15, -0.1) is 5.10 Å². The van der Waals surface area contributed by atoms with E-state index >= 15 is 0 Å². The lowest BCUT2D eigenvalue weighted by Gasteiger charge is -2.30. The fourth-order valence-electron chi connectivity index (χ4n) is 2.87. The van der Waals surface area contributed by atoms with Crippen LogP contribution >= 0.6 is 0 Å². The highest BCUT2D eigenvalue weighted by Gasteiger charge is 2.19. The molecule has 1 aliphatic heterocycles. The minimum atomic E-state index is 0.601. The van der Waals surface area contributed by atoms with Crippen LogP contribution in [-0.2, 0) is 6.42 Å². The second kappa shape index (κ2) is 7.37. The van der Waals surface area contributed by atoms with Gasteiger partial charge in [0.15, 0.2) is 5.82 Å². The second-order valence-corrected chi connectivity index (χ2v) is 6.11. The molecule has 1 aromatic carbocycles. The predicted octanol–water partition coefficient (Wildman–Crippen LogP) is 2.32. The van der Waals surface area contributed by atoms with Crippen LogP contribution in [0.25, 0.3) is 0 Å². The van der Waals surface area contributed by atoms with Crippen molar-refractivity contribution in [3.05, 3.63) is 36.0 Å². The summed E-state index contributed by atoms with van der Waals surface area (Å²) in [6.07, 6.45) is 5.05. The maximum Gasteiger partial charge on any atom is 0.244 e. The maximum absolute atomic E-state index is 4.64. The monoisotopic (exact) mass is 312 g/mol. The number of benzene rings is 1. The van der Waals surface area contributed by atoms with Crippen LogP contribution in [0.5, 0.6) is 0 Å². The summed E-state index contributed by atoms with van der Waals surface area (Å²) in [6.45, 7) is 2.86. The first-order valence-corrected chi connectivity index (χ1v) is 8.18. The molecule has 23 heavy (non-hydrogen) atoms. The van der Waals surface area contributed by atoms with E-state index in [0.717, 1.165) is 44.7 Å². The van der Waals surface area contributed by atoms with Crippen LogP contribution in [-0.4, -0.2) is 53.8 Å². The molecule has 2 aromatic rings. The summed E-state index contributed by atoms with van der Waals surface area (Å²) < 4.78 is 0. The quantitative estimate of drug-likeness (QED) is 0.826. The zero-order chi connectivity index (χ0) is 16.1. The van der Waals surface area contributed by atoms with E-state index in [-0.39, 0.29) is 0 Å². The molecule has 1 aliphatic rings. The Hall–Kier alpha value is -2.21. The van der Waals surface area contributed by atoms with E-state index in [4.69, 9.17) is 0 Å². The van der Waals surface area contributed by atoms with Gasteiger partial charge in [-0.2, -0.15) is 10.1 Å². The van der Waals surface area contributed by atoms with Gasteiger partial charge in [-0.3, -0.25) is 0 Å². The number of anilines is 3. The van der Waals surface area contributed by atoms with Crippen LogP contribution in [0.4, 0.5) is 17.5 Å². The highest BCUT2D eigenvalue weighted by molar-refractivity contribution is 5.65. The minimum Gasteiger partial charge on any atom is -0.353 e. The van der Waals surface area contributed by atoms with Gasteiger partial charge in [-0.05, 0) is 51.5 Å². The summed E-state index contributed by atoms with van der Waals surface area (Å²) >= 11 is 0. The molecule has 0 spiro atoms. The molecular formula is C17H24N6. The van der Waals surface area contributed by atoms with Crippen LogP contribution in [0.15, 0.2) is 30.5 Å². The Kier molecular flexibility index (Phi) is 5.02. The van der Waals surface area contributed by atoms with Gasteiger partial charge >= 0.3 is 0 Å². The molecule has 3 rings (SSSR count). The van der Waals surface area contributed by atoms with Crippen molar-refractivity contribution in [1.29, 1.82) is 0 Å². The molecule has 0 radical (unpaired) electrons. The van der Waals surface area contributed by atoms with Crippen molar-refractivity contribution in [2.75, 3.05) is 43.9 Å². The molecule has 1 N–H and O–H groups in total. The van der Waals surface area contributed by atoms with Gasteiger partial charge in [0.2, 0.25) is 5.95 Å². The smallest absolute Gasteiger partial charge is 0.244 e. The molecule has 0 saturated heterocycles. The van der Waals surface area contributed by atoms with Gasteiger partial charge < -0.3 is 15.1 Å². The van der Waals surface area contributed by atoms with Crippen LogP contribution in [0.2, 0.25) is 0 Å². The average Bonchev–Trinajstić information content (AvgIpc) is 2.58. The molecule has 0 unspecified atom stereocenters. The van der Waals surface area contributed by atoms with E-state index in [0.29, 0.717) is 5.95 Å². The number of hydrogen-bond donors (Lipinski definition) is 1. The van der Waals surface area contributed by atoms with E-state index in [1.54, 1.807) is 6.20 Å². The fourth-order valence-corrected chi connectivity index (χ4v) is 2.87. The normalized spacial score (nSPS) is 14.0. The van der Waals surface area contributed by atoms with E-state index in [1.165, 1.54) is 11.3 Å². The lowest BCUT2D eigenvalue weighted by atomic mass is 10.0. The van der Waals surface area contributed by atoms with Crippen LogP contribution in [0.1, 0.15) is 18.4 Å². The van der Waals surface area contributed by atoms with Crippen molar-refractivity contribution in [3.8, 4) is 0 Å². The zero-order valence-corrected chi connectivity index (χ0v) is 13.9. The number of aryl methyl sites for hydroxylation is 1. The number of nitrogens with zero attached hydrogens (tertiary/aromatic N) is 5. The standard InChI is InChI=1S/C17H24N6/c1-22(2)11-6-10-18-17-20-16(13-19-21-17)23-12-5-8-14-7-3-4-9-15(14)23/h3-4,7,9,13H,5-6,8,10-12H2,1-2H3,(H,18,20,21). The van der Waals surface area contributed by atoms with Gasteiger partial charge in [0.1, 0.15) is 0 Å². The van der Waals surface area contributed by atoms with Crippen molar-refractivity contribution >= 4 is 17.5 Å². The lowest BCUT2D eigenvalue weighted by molar-refractivity contribution is 0.405. The Morgan fingerprint density at radius 1 is 1.26 bits per heavy atom. The number of aromatic nitrogens is 3. The predicted molar refractivity (Wildman–Crippen MR) is 93.3 cm³/mol. The Balaban J connectivity index is 1.71. The minimum absolute atomic E-state index is 0.601. The Morgan fingerprint density at radius 2 is 2.13 bits per heavy atom. The van der Waals surface area contributed by atoms with Gasteiger partial charge in [-0.1, -0.05) is 18.2 Å². The van der Waals surface area contributed by atoms with Crippen molar-refractivity contribution in [3.63, 3.8) is 0 Å². The highest BCUT2D eigenvalue weighted by Crippen LogP contribution is 2.31. The summed E-state index contributed by atoms with van der Waals surface area (Å²) in [4.78, 5) is 9.04. The van der Waals surface area contributed by atoms with Crippen molar-refractivity contribution in [2.24, 2.45) is 0 Å². The van der Waals surface area contributed by atoms with E-state index in [1.807, 2.05) is 0 Å². The Bertz CT molecular complexity index is 642. The summed E-state index contributed by atoms with van der Waals surface area (Å²) in [5.41, 5.74) is 2.61. The third-order valence-corrected chi connectivity index (χ3v) is 4.00. The first kappa shape index (κ1) is 15.7. The van der Waals surface area contributed by atoms with Gasteiger partial charge in [0.05, 0.1) is 6.20 Å². The third kappa shape index (κ3) is 3.96. The van der Waals surface area contributed by atoms with Crippen molar-refractivity contribution in [1.82, 2.24) is 20.1 Å². The van der Waals surface area contributed by atoms with Gasteiger partial charge in [-0.25, -0.2) is 0 Å². The molecule has 6 heteroatoms. The maximum atomic E-state index is 4.64. The average molecular weight is 312 g/mol. The molecule has 122 valence electrons. The lowest BCUT2D eigenvalue weighted by Crippen LogP contribution is -2.26. The third-order valence-electron chi connectivity index (χ3n) is 4.00. The number of fused-ring (bicyclic) bond motifs is 1. The molecule has 0 fully saturated rings. The molecule has 0 atom stereocenters. The van der Waals surface area contributed by atoms with Crippen LogP contribution < -0.4 is 10.2 Å². The van der Waals surface area contributed by atoms with E-state index in [2.05, 4.69) is 68.7 Å².